The lowest BCUT2D eigenvalue weighted by molar-refractivity contribution is -0.286. The minimum atomic E-state index is -3.83. The molecule has 1 amide bonds. The van der Waals surface area contributed by atoms with Crippen molar-refractivity contribution >= 4 is 11.6 Å². The molecular weight excluding hydrogens is 480 g/mol. The zero-order chi connectivity index (χ0) is 25.7. The summed E-state index contributed by atoms with van der Waals surface area (Å²) < 4.78 is 42.5. The summed E-state index contributed by atoms with van der Waals surface area (Å²) in [5.74, 6) is -0.909. The van der Waals surface area contributed by atoms with E-state index in [-0.39, 0.29) is 41.7 Å². The molecule has 0 saturated heterocycles. The SMILES string of the molecule is C[C@]1(C(=O)Nc2cc(-c3ccccc3)nn(C[C@@H](O)CO)c2=O)COc2cc3c(cc21)OC(F)(F)O3. The van der Waals surface area contributed by atoms with Crippen molar-refractivity contribution in [2.24, 2.45) is 0 Å². The number of anilines is 1. The van der Waals surface area contributed by atoms with Gasteiger partial charge in [-0.2, -0.15) is 5.10 Å². The molecule has 1 aromatic heterocycles. The number of hydrogen-bond acceptors (Lipinski definition) is 8. The van der Waals surface area contributed by atoms with Crippen LogP contribution < -0.4 is 25.1 Å². The largest absolute Gasteiger partial charge is 0.586 e. The number of aromatic nitrogens is 2. The van der Waals surface area contributed by atoms with Crippen molar-refractivity contribution in [1.82, 2.24) is 9.78 Å². The molecule has 0 unspecified atom stereocenters. The van der Waals surface area contributed by atoms with E-state index in [1.807, 2.05) is 0 Å². The fraction of sp³-hybridized carbons (Fsp3) is 0.292. The van der Waals surface area contributed by atoms with Crippen LogP contribution in [0.4, 0.5) is 14.5 Å². The van der Waals surface area contributed by atoms with E-state index < -0.39 is 35.9 Å². The minimum Gasteiger partial charge on any atom is -0.492 e. The number of hydrogen-bond donors (Lipinski definition) is 3. The van der Waals surface area contributed by atoms with Gasteiger partial charge >= 0.3 is 6.29 Å². The highest BCUT2D eigenvalue weighted by Gasteiger charge is 2.49. The number of ether oxygens (including phenoxy) is 3. The van der Waals surface area contributed by atoms with Gasteiger partial charge in [-0.05, 0) is 19.1 Å². The Morgan fingerprint density at radius 2 is 1.86 bits per heavy atom. The van der Waals surface area contributed by atoms with Gasteiger partial charge < -0.3 is 29.7 Å². The summed E-state index contributed by atoms with van der Waals surface area (Å²) in [6, 6.07) is 12.8. The average Bonchev–Trinajstić information content (AvgIpc) is 3.34. The predicted octanol–water partition coefficient (Wildman–Crippen LogP) is 1.87. The summed E-state index contributed by atoms with van der Waals surface area (Å²) in [7, 11) is 0. The Hall–Kier alpha value is -4.03. The smallest absolute Gasteiger partial charge is 0.492 e. The van der Waals surface area contributed by atoms with Gasteiger partial charge in [-0.3, -0.25) is 9.59 Å². The molecule has 0 radical (unpaired) electrons. The lowest BCUT2D eigenvalue weighted by Crippen LogP contribution is -2.41. The molecule has 10 nitrogen and oxygen atoms in total. The van der Waals surface area contributed by atoms with E-state index in [1.54, 1.807) is 37.3 Å². The van der Waals surface area contributed by atoms with Gasteiger partial charge in [-0.25, -0.2) is 4.68 Å². The monoisotopic (exact) mass is 501 g/mol. The van der Waals surface area contributed by atoms with E-state index in [0.29, 0.717) is 11.3 Å². The maximum absolute atomic E-state index is 13.5. The van der Waals surface area contributed by atoms with Crippen molar-refractivity contribution in [1.29, 1.82) is 0 Å². The van der Waals surface area contributed by atoms with Gasteiger partial charge in [-0.1, -0.05) is 30.3 Å². The highest BCUT2D eigenvalue weighted by molar-refractivity contribution is 6.00. The zero-order valence-electron chi connectivity index (χ0n) is 18.9. The van der Waals surface area contributed by atoms with Crippen molar-refractivity contribution in [3.05, 3.63) is 64.4 Å². The Balaban J connectivity index is 1.50. The molecule has 0 bridgehead atoms. The number of aliphatic hydroxyl groups excluding tert-OH is 2. The topological polar surface area (TPSA) is 132 Å². The standard InChI is InChI=1S/C24H21F2N3O7/c1-23(12-34-18-9-20-19(7-15(18)23)35-24(25,26)36-20)22(33)27-17-8-16(13-5-3-2-4-6-13)28-29(21(17)32)10-14(31)11-30/h2-9,14,30-31H,10-12H2,1H3,(H,27,33)/t14-,23+/m1/s1. The average molecular weight is 501 g/mol. The summed E-state index contributed by atoms with van der Waals surface area (Å²) in [5.41, 5.74) is -0.911. The number of benzene rings is 2. The Bertz CT molecular complexity index is 1400. The summed E-state index contributed by atoms with van der Waals surface area (Å²) in [6.07, 6.45) is -5.08. The number of aliphatic hydroxyl groups is 2. The molecule has 0 aliphatic carbocycles. The number of nitrogens with zero attached hydrogens (tertiary/aromatic N) is 2. The Labute approximate surface area is 202 Å². The van der Waals surface area contributed by atoms with Crippen molar-refractivity contribution in [2.45, 2.75) is 31.3 Å². The van der Waals surface area contributed by atoms with Gasteiger partial charge in [0.1, 0.15) is 23.5 Å². The number of amides is 1. The molecule has 0 saturated carbocycles. The van der Waals surface area contributed by atoms with Crippen molar-refractivity contribution in [2.75, 3.05) is 18.5 Å². The first-order chi connectivity index (χ1) is 17.1. The third-order valence-corrected chi connectivity index (χ3v) is 6.00. The van der Waals surface area contributed by atoms with Gasteiger partial charge in [0.05, 0.1) is 24.9 Å². The highest BCUT2D eigenvalue weighted by atomic mass is 19.3. The fourth-order valence-corrected chi connectivity index (χ4v) is 4.04. The number of fused-ring (bicyclic) bond motifs is 2. The van der Waals surface area contributed by atoms with Crippen LogP contribution in [0.25, 0.3) is 11.3 Å². The second kappa shape index (κ2) is 8.57. The van der Waals surface area contributed by atoms with Crippen LogP contribution in [0, 0.1) is 0 Å². The lowest BCUT2D eigenvalue weighted by atomic mass is 9.83. The summed E-state index contributed by atoms with van der Waals surface area (Å²) >= 11 is 0. The van der Waals surface area contributed by atoms with Crippen molar-refractivity contribution < 1.29 is 38.0 Å². The Morgan fingerprint density at radius 1 is 1.17 bits per heavy atom. The molecule has 3 aromatic rings. The lowest BCUT2D eigenvalue weighted by Gasteiger charge is -2.22. The number of nitrogens with one attached hydrogen (secondary N) is 1. The molecular formula is C24H21F2N3O7. The third kappa shape index (κ3) is 4.14. The number of rotatable bonds is 6. The molecule has 0 fully saturated rings. The first kappa shape index (κ1) is 23.7. The van der Waals surface area contributed by atoms with Gasteiger partial charge in [0.15, 0.2) is 11.5 Å². The number of carbonyl (C=O) groups is 1. The number of carbonyl (C=O) groups excluding carboxylic acids is 1. The van der Waals surface area contributed by atoms with Crippen molar-refractivity contribution in [3.63, 3.8) is 0 Å². The molecule has 36 heavy (non-hydrogen) atoms. The first-order valence-electron chi connectivity index (χ1n) is 10.9. The van der Waals surface area contributed by atoms with Crippen LogP contribution in [0.5, 0.6) is 17.2 Å². The van der Waals surface area contributed by atoms with E-state index in [4.69, 9.17) is 4.74 Å². The van der Waals surface area contributed by atoms with E-state index in [1.165, 1.54) is 18.2 Å². The Morgan fingerprint density at radius 3 is 2.56 bits per heavy atom. The van der Waals surface area contributed by atoms with E-state index in [2.05, 4.69) is 19.9 Å². The summed E-state index contributed by atoms with van der Waals surface area (Å²) in [4.78, 5) is 26.5. The fourth-order valence-electron chi connectivity index (χ4n) is 4.04. The molecule has 2 aliphatic heterocycles. The number of alkyl halides is 2. The summed E-state index contributed by atoms with van der Waals surface area (Å²) in [5, 5.41) is 26.0. The molecule has 5 rings (SSSR count). The first-order valence-corrected chi connectivity index (χ1v) is 10.9. The van der Waals surface area contributed by atoms with Gasteiger partial charge in [-0.15, -0.1) is 8.78 Å². The molecule has 2 aliphatic rings. The van der Waals surface area contributed by atoms with E-state index >= 15 is 0 Å². The van der Waals surface area contributed by atoms with Crippen LogP contribution in [0.1, 0.15) is 12.5 Å². The molecule has 3 N–H and O–H groups in total. The maximum Gasteiger partial charge on any atom is 0.586 e. The zero-order valence-corrected chi connectivity index (χ0v) is 18.9. The molecule has 2 atom stereocenters. The van der Waals surface area contributed by atoms with Crippen molar-refractivity contribution in [3.8, 4) is 28.5 Å². The van der Waals surface area contributed by atoms with Gasteiger partial charge in [0.2, 0.25) is 5.91 Å². The predicted molar refractivity (Wildman–Crippen MR) is 121 cm³/mol. The summed E-state index contributed by atoms with van der Waals surface area (Å²) in [6.45, 7) is 0.524. The quantitative estimate of drug-likeness (QED) is 0.467. The Kier molecular flexibility index (Phi) is 5.64. The van der Waals surface area contributed by atoms with Crippen LogP contribution in [-0.2, 0) is 16.8 Å². The van der Waals surface area contributed by atoms with Gasteiger partial charge in [0, 0.05) is 17.2 Å². The van der Waals surface area contributed by atoms with Crippen LogP contribution in [0.2, 0.25) is 0 Å². The molecule has 3 heterocycles. The molecule has 2 aromatic carbocycles. The van der Waals surface area contributed by atoms with E-state index in [0.717, 1.165) is 4.68 Å². The molecule has 12 heteroatoms. The second-order valence-electron chi connectivity index (χ2n) is 8.67. The normalized spacial score (nSPS) is 19.9. The van der Waals surface area contributed by atoms with Crippen LogP contribution in [0.15, 0.2) is 53.3 Å². The molecule has 0 spiro atoms. The minimum absolute atomic E-state index is 0.124. The van der Waals surface area contributed by atoms with Gasteiger partial charge in [0.25, 0.3) is 5.56 Å². The van der Waals surface area contributed by atoms with Crippen LogP contribution in [-0.4, -0.2) is 51.5 Å². The maximum atomic E-state index is 13.5. The van der Waals surface area contributed by atoms with E-state index in [9.17, 15) is 28.6 Å². The highest BCUT2D eigenvalue weighted by Crippen LogP contribution is 2.50. The molecule has 188 valence electrons. The van der Waals surface area contributed by atoms with Crippen LogP contribution >= 0.6 is 0 Å². The van der Waals surface area contributed by atoms with Crippen LogP contribution in [0.3, 0.4) is 0 Å². The second-order valence-corrected chi connectivity index (χ2v) is 8.67. The third-order valence-electron chi connectivity index (χ3n) is 6.00. The number of halogens is 2.